The Morgan fingerprint density at radius 3 is 0.947 bits per heavy atom. The van der Waals surface area contributed by atoms with Gasteiger partial charge in [-0.15, -0.1) is 0 Å². The fourth-order valence-corrected chi connectivity index (χ4v) is 1.37. The van der Waals surface area contributed by atoms with Crippen molar-refractivity contribution in [3.8, 4) is 0 Å². The van der Waals surface area contributed by atoms with Crippen molar-refractivity contribution >= 4 is 8.60 Å². The maximum Gasteiger partial charge on any atom is 0.390 e. The zero-order valence-corrected chi connectivity index (χ0v) is 9.59. The van der Waals surface area contributed by atoms with E-state index in [1.165, 1.54) is 0 Å². The van der Waals surface area contributed by atoms with E-state index in [1.807, 2.05) is 0 Å². The third-order valence-electron chi connectivity index (χ3n) is 1.09. The molecule has 0 saturated heterocycles. The Balaban J connectivity index is 4.84. The van der Waals surface area contributed by atoms with Gasteiger partial charge in [0.2, 0.25) is 0 Å². The number of halogens is 9. The first-order valence-electron chi connectivity index (χ1n) is 4.16. The third-order valence-corrected chi connectivity index (χ3v) is 2.34. The molecule has 13 heteroatoms. The molecule has 0 aromatic rings. The molecule has 0 radical (unpaired) electrons. The van der Waals surface area contributed by atoms with Crippen molar-refractivity contribution in [2.75, 3.05) is 20.0 Å². The van der Waals surface area contributed by atoms with Gasteiger partial charge in [-0.2, -0.15) is 26.3 Å². The molecule has 0 aliphatic carbocycles. The highest BCUT2D eigenvalue weighted by atomic mass is 31.2. The molecule has 0 bridgehead atoms. The molecule has 3 nitrogen and oxygen atoms in total. The second-order valence-electron chi connectivity index (χ2n) is 2.81. The van der Waals surface area contributed by atoms with E-state index in [2.05, 4.69) is 13.6 Å². The summed E-state index contributed by atoms with van der Waals surface area (Å²) in [6.07, 6.45) is -14.4. The van der Waals surface area contributed by atoms with E-state index in [0.717, 1.165) is 0 Å². The van der Waals surface area contributed by atoms with Gasteiger partial charge in [-0.25, -0.2) is 26.7 Å². The van der Waals surface area contributed by atoms with Crippen LogP contribution in [0.25, 0.3) is 0 Å². The molecule has 116 valence electrons. The maximum atomic E-state index is 12.3. The molecular formula is C6H6F9O3P. The van der Waals surface area contributed by atoms with Crippen molar-refractivity contribution in [1.82, 2.24) is 0 Å². The Labute approximate surface area is 101 Å². The summed E-state index contributed by atoms with van der Waals surface area (Å²) in [5.74, 6) is 0. The Bertz CT molecular complexity index is 234. The van der Waals surface area contributed by atoms with Crippen LogP contribution in [0.5, 0.6) is 0 Å². The summed E-state index contributed by atoms with van der Waals surface area (Å²) in [5.41, 5.74) is 0. The molecule has 0 N–H and O–H groups in total. The van der Waals surface area contributed by atoms with E-state index < -0.39 is 47.0 Å². The number of hydrogen-bond donors (Lipinski definition) is 0. The summed E-state index contributed by atoms with van der Waals surface area (Å²) in [6, 6.07) is 0. The molecule has 0 saturated carbocycles. The van der Waals surface area contributed by atoms with Crippen LogP contribution in [0.3, 0.4) is 0 Å². The largest absolute Gasteiger partial charge is 0.390 e. The van der Waals surface area contributed by atoms with Crippen molar-refractivity contribution in [3.63, 3.8) is 0 Å². The van der Waals surface area contributed by atoms with E-state index in [1.54, 1.807) is 0 Å². The average Bonchev–Trinajstić information content (AvgIpc) is 2.27. The molecule has 0 heterocycles. The van der Waals surface area contributed by atoms with Crippen molar-refractivity contribution in [1.29, 1.82) is 0 Å². The highest BCUT2D eigenvalue weighted by molar-refractivity contribution is 7.41. The van der Waals surface area contributed by atoms with E-state index in [9.17, 15) is 39.5 Å². The summed E-state index contributed by atoms with van der Waals surface area (Å²) in [4.78, 5) is 0. The van der Waals surface area contributed by atoms with Crippen molar-refractivity contribution in [2.24, 2.45) is 0 Å². The van der Waals surface area contributed by atoms with E-state index >= 15 is 0 Å². The van der Waals surface area contributed by atoms with Gasteiger partial charge in [-0.3, -0.25) is 0 Å². The van der Waals surface area contributed by atoms with Crippen LogP contribution in [0.2, 0.25) is 0 Å². The first-order chi connectivity index (χ1) is 8.47. The van der Waals surface area contributed by atoms with Gasteiger partial charge in [0.1, 0.15) is 0 Å². The highest BCUT2D eigenvalue weighted by Crippen LogP contribution is 2.52. The van der Waals surface area contributed by atoms with Gasteiger partial charge in [0, 0.05) is 0 Å². The minimum absolute atomic E-state index is 2.58. The highest BCUT2D eigenvalue weighted by Gasteiger charge is 2.47. The minimum Gasteiger partial charge on any atom is -0.244 e. The third kappa shape index (κ3) is 7.75. The molecule has 0 spiro atoms. The van der Waals surface area contributed by atoms with Gasteiger partial charge in [0.25, 0.3) is 0 Å². The molecule has 19 heavy (non-hydrogen) atoms. The standard InChI is InChI=1S/C6H6F9O3P/c7-1-4(10,11)16-19(17-5(12,13)2-8)18-6(14,15)3-9/h1-3H2. The summed E-state index contributed by atoms with van der Waals surface area (Å²) in [5, 5.41) is 0. The summed E-state index contributed by atoms with van der Waals surface area (Å²) in [7, 11) is -4.31. The smallest absolute Gasteiger partial charge is 0.244 e. The van der Waals surface area contributed by atoms with Crippen LogP contribution < -0.4 is 0 Å². The van der Waals surface area contributed by atoms with Crippen molar-refractivity contribution in [2.45, 2.75) is 18.3 Å². The lowest BCUT2D eigenvalue weighted by atomic mass is 10.7. The molecular weight excluding hydrogens is 322 g/mol. The van der Waals surface area contributed by atoms with E-state index in [0.29, 0.717) is 0 Å². The predicted molar refractivity (Wildman–Crippen MR) is 42.9 cm³/mol. The monoisotopic (exact) mass is 328 g/mol. The van der Waals surface area contributed by atoms with Crippen molar-refractivity contribution in [3.05, 3.63) is 0 Å². The van der Waals surface area contributed by atoms with Crippen LogP contribution in [-0.2, 0) is 13.6 Å². The molecule has 0 aliphatic heterocycles. The van der Waals surface area contributed by atoms with Gasteiger partial charge in [0.05, 0.1) is 0 Å². The SMILES string of the molecule is FCC(F)(F)OP(OC(F)(F)CF)OC(F)(F)CF. The van der Waals surface area contributed by atoms with Gasteiger partial charge in [0.15, 0.2) is 20.0 Å². The lowest BCUT2D eigenvalue weighted by Crippen LogP contribution is -2.30. The molecule has 0 aliphatic rings. The van der Waals surface area contributed by atoms with Crippen LogP contribution in [-0.4, -0.2) is 38.3 Å². The zero-order valence-electron chi connectivity index (χ0n) is 8.69. The topological polar surface area (TPSA) is 27.7 Å². The van der Waals surface area contributed by atoms with Crippen LogP contribution in [0, 0.1) is 0 Å². The first-order valence-corrected chi connectivity index (χ1v) is 5.25. The Kier molecular flexibility index (Phi) is 6.79. The number of alkyl halides is 9. The molecule has 0 unspecified atom stereocenters. The van der Waals surface area contributed by atoms with Gasteiger partial charge < -0.3 is 0 Å². The minimum atomic E-state index is -4.80. The molecule has 0 aromatic carbocycles. The van der Waals surface area contributed by atoms with Crippen LogP contribution in [0.4, 0.5) is 39.5 Å². The Hall–Kier alpha value is -0.320. The Morgan fingerprint density at radius 2 is 0.789 bits per heavy atom. The molecule has 0 amide bonds. The molecule has 0 fully saturated rings. The Morgan fingerprint density at radius 1 is 0.579 bits per heavy atom. The summed E-state index contributed by atoms with van der Waals surface area (Å²) < 4.78 is 118. The fraction of sp³-hybridized carbons (Fsp3) is 1.00. The fourth-order valence-electron chi connectivity index (χ4n) is 0.456. The van der Waals surface area contributed by atoms with Crippen LogP contribution in [0.15, 0.2) is 0 Å². The lowest BCUT2D eigenvalue weighted by Gasteiger charge is -2.25. The normalized spacial score (nSPS) is 14.2. The maximum absolute atomic E-state index is 12.3. The molecule has 0 aromatic heterocycles. The second-order valence-corrected chi connectivity index (χ2v) is 3.81. The van der Waals surface area contributed by atoms with E-state index in [4.69, 9.17) is 0 Å². The second kappa shape index (κ2) is 6.91. The van der Waals surface area contributed by atoms with Gasteiger partial charge >= 0.3 is 26.9 Å². The van der Waals surface area contributed by atoms with Crippen LogP contribution >= 0.6 is 8.60 Å². The first kappa shape index (κ1) is 18.7. The van der Waals surface area contributed by atoms with Crippen LogP contribution in [0.1, 0.15) is 0 Å². The summed E-state index contributed by atoms with van der Waals surface area (Å²) >= 11 is 0. The molecule has 0 rings (SSSR count). The number of hydrogen-bond acceptors (Lipinski definition) is 3. The van der Waals surface area contributed by atoms with Gasteiger partial charge in [-0.05, 0) is 0 Å². The average molecular weight is 328 g/mol. The van der Waals surface area contributed by atoms with Gasteiger partial charge in [-0.1, -0.05) is 0 Å². The van der Waals surface area contributed by atoms with E-state index in [-0.39, 0.29) is 0 Å². The van der Waals surface area contributed by atoms with Crippen molar-refractivity contribution < 1.29 is 53.1 Å². The number of rotatable bonds is 9. The quantitative estimate of drug-likeness (QED) is 0.474. The molecule has 0 atom stereocenters. The lowest BCUT2D eigenvalue weighted by molar-refractivity contribution is -0.254. The zero-order chi connectivity index (χ0) is 15.3. The predicted octanol–water partition coefficient (Wildman–Crippen LogP) is 3.95. The summed E-state index contributed by atoms with van der Waals surface area (Å²) in [6.45, 7) is -7.75.